The van der Waals surface area contributed by atoms with Gasteiger partial charge in [0.15, 0.2) is 0 Å². The summed E-state index contributed by atoms with van der Waals surface area (Å²) in [6, 6.07) is 1.97. The molecule has 1 aliphatic heterocycles. The van der Waals surface area contributed by atoms with Crippen LogP contribution in [0.2, 0.25) is 0 Å². The summed E-state index contributed by atoms with van der Waals surface area (Å²) in [7, 11) is 0. The van der Waals surface area contributed by atoms with E-state index in [9.17, 15) is 0 Å². The van der Waals surface area contributed by atoms with Crippen LogP contribution in [0.15, 0.2) is 6.07 Å². The quantitative estimate of drug-likeness (QED) is 0.868. The predicted octanol–water partition coefficient (Wildman–Crippen LogP) is 2.26. The first-order chi connectivity index (χ1) is 9.99. The minimum atomic E-state index is -0.0780. The van der Waals surface area contributed by atoms with E-state index in [1.165, 1.54) is 0 Å². The molecule has 0 saturated carbocycles. The molecule has 0 atom stereocenters. The molecule has 6 heteroatoms. The molecule has 0 aromatic carbocycles. The fraction of sp³-hybridized carbons (Fsp3) is 0.733. The Hall–Kier alpha value is -1.40. The van der Waals surface area contributed by atoms with Crippen LogP contribution in [0, 0.1) is 0 Å². The van der Waals surface area contributed by atoms with Gasteiger partial charge in [-0.2, -0.15) is 0 Å². The Morgan fingerprint density at radius 2 is 1.86 bits per heavy atom. The summed E-state index contributed by atoms with van der Waals surface area (Å²) in [6.45, 7) is 12.7. The van der Waals surface area contributed by atoms with E-state index in [0.29, 0.717) is 0 Å². The molecule has 2 heterocycles. The third-order valence-electron chi connectivity index (χ3n) is 3.24. The molecule has 2 rings (SSSR count). The van der Waals surface area contributed by atoms with Crippen molar-refractivity contribution < 1.29 is 4.74 Å². The fourth-order valence-corrected chi connectivity index (χ4v) is 2.02. The summed E-state index contributed by atoms with van der Waals surface area (Å²) in [5.41, 5.74) is 3.29. The van der Waals surface area contributed by atoms with E-state index in [0.717, 1.165) is 56.7 Å². The second-order valence-corrected chi connectivity index (χ2v) is 6.35. The third-order valence-corrected chi connectivity index (χ3v) is 3.24. The second-order valence-electron chi connectivity index (χ2n) is 6.35. The molecule has 1 saturated heterocycles. The zero-order valence-electron chi connectivity index (χ0n) is 13.6. The first-order valence-corrected chi connectivity index (χ1v) is 7.72. The number of aromatic nitrogens is 2. The minimum Gasteiger partial charge on any atom is -0.379 e. The van der Waals surface area contributed by atoms with Crippen molar-refractivity contribution in [1.82, 2.24) is 15.0 Å². The molecule has 21 heavy (non-hydrogen) atoms. The lowest BCUT2D eigenvalue weighted by Crippen LogP contribution is -2.40. The Labute approximate surface area is 127 Å². The van der Waals surface area contributed by atoms with Crippen molar-refractivity contribution in [2.24, 2.45) is 0 Å². The van der Waals surface area contributed by atoms with Crippen LogP contribution in [0.4, 0.5) is 11.6 Å². The molecular formula is C15H27N5O. The number of anilines is 2. The van der Waals surface area contributed by atoms with Crippen LogP contribution in [0.1, 0.15) is 39.9 Å². The number of hydrogen-bond donors (Lipinski definition) is 2. The van der Waals surface area contributed by atoms with Gasteiger partial charge in [-0.1, -0.05) is 27.7 Å². The largest absolute Gasteiger partial charge is 0.379 e. The van der Waals surface area contributed by atoms with Crippen molar-refractivity contribution in [3.05, 3.63) is 11.9 Å². The van der Waals surface area contributed by atoms with Gasteiger partial charge in [0.1, 0.15) is 17.5 Å². The second kappa shape index (κ2) is 7.04. The lowest BCUT2D eigenvalue weighted by Gasteiger charge is -2.28. The van der Waals surface area contributed by atoms with Crippen molar-refractivity contribution in [2.75, 3.05) is 43.6 Å². The lowest BCUT2D eigenvalue weighted by atomic mass is 9.96. The summed E-state index contributed by atoms with van der Waals surface area (Å²) >= 11 is 0. The Morgan fingerprint density at radius 1 is 1.19 bits per heavy atom. The van der Waals surface area contributed by atoms with E-state index in [4.69, 9.17) is 4.74 Å². The summed E-state index contributed by atoms with van der Waals surface area (Å²) in [5.74, 6) is 2.57. The predicted molar refractivity (Wildman–Crippen MR) is 85.5 cm³/mol. The van der Waals surface area contributed by atoms with Gasteiger partial charge in [0.2, 0.25) is 0 Å². The summed E-state index contributed by atoms with van der Waals surface area (Å²) in [6.07, 6.45) is 1.07. The van der Waals surface area contributed by atoms with Crippen LogP contribution in [-0.2, 0) is 10.2 Å². The zero-order valence-corrected chi connectivity index (χ0v) is 13.6. The molecule has 1 aliphatic rings. The van der Waals surface area contributed by atoms with Crippen molar-refractivity contribution >= 4 is 11.6 Å². The van der Waals surface area contributed by atoms with E-state index >= 15 is 0 Å². The topological polar surface area (TPSA) is 62.3 Å². The van der Waals surface area contributed by atoms with Gasteiger partial charge in [0.05, 0.1) is 13.2 Å². The fourth-order valence-electron chi connectivity index (χ4n) is 2.02. The van der Waals surface area contributed by atoms with E-state index in [1.807, 2.05) is 6.07 Å². The maximum atomic E-state index is 5.37. The standard InChI is InChI=1S/C15H27N5O/c1-5-6-16-12-11-13(18-14(17-12)15(2,3)4)19-20-7-9-21-10-8-20/h11H,5-10H2,1-4H3,(H2,16,17,18,19). The zero-order chi connectivity index (χ0) is 15.3. The molecule has 2 N–H and O–H groups in total. The molecule has 1 aromatic rings. The van der Waals surface area contributed by atoms with Gasteiger partial charge in [-0.05, 0) is 6.42 Å². The number of ether oxygens (including phenoxy) is 1. The Morgan fingerprint density at radius 3 is 2.48 bits per heavy atom. The highest BCUT2D eigenvalue weighted by atomic mass is 16.5. The Balaban J connectivity index is 2.17. The number of rotatable bonds is 5. The molecule has 6 nitrogen and oxygen atoms in total. The van der Waals surface area contributed by atoms with Crippen LogP contribution < -0.4 is 10.7 Å². The molecule has 0 aliphatic carbocycles. The molecule has 1 aromatic heterocycles. The van der Waals surface area contributed by atoms with Crippen LogP contribution in [0.25, 0.3) is 0 Å². The molecule has 0 unspecified atom stereocenters. The number of nitrogens with one attached hydrogen (secondary N) is 2. The van der Waals surface area contributed by atoms with Gasteiger partial charge >= 0.3 is 0 Å². The van der Waals surface area contributed by atoms with Crippen LogP contribution >= 0.6 is 0 Å². The highest BCUT2D eigenvalue weighted by Crippen LogP contribution is 2.22. The average molecular weight is 293 g/mol. The molecule has 0 radical (unpaired) electrons. The monoisotopic (exact) mass is 293 g/mol. The number of nitrogens with zero attached hydrogens (tertiary/aromatic N) is 3. The van der Waals surface area contributed by atoms with E-state index in [1.54, 1.807) is 0 Å². The molecule has 0 bridgehead atoms. The Bertz CT molecular complexity index is 452. The number of hydrazine groups is 1. The van der Waals surface area contributed by atoms with Crippen LogP contribution in [0.3, 0.4) is 0 Å². The van der Waals surface area contributed by atoms with Crippen LogP contribution in [-0.4, -0.2) is 47.8 Å². The van der Waals surface area contributed by atoms with Gasteiger partial charge in [0, 0.05) is 31.1 Å². The van der Waals surface area contributed by atoms with E-state index in [2.05, 4.69) is 53.4 Å². The van der Waals surface area contributed by atoms with Gasteiger partial charge in [-0.15, -0.1) is 0 Å². The smallest absolute Gasteiger partial charge is 0.146 e. The first kappa shape index (κ1) is 16.0. The van der Waals surface area contributed by atoms with Crippen LogP contribution in [0.5, 0.6) is 0 Å². The maximum Gasteiger partial charge on any atom is 0.146 e. The van der Waals surface area contributed by atoms with Crippen molar-refractivity contribution in [1.29, 1.82) is 0 Å². The Kier molecular flexibility index (Phi) is 5.36. The lowest BCUT2D eigenvalue weighted by molar-refractivity contribution is 0.0494. The maximum absolute atomic E-state index is 5.37. The highest BCUT2D eigenvalue weighted by Gasteiger charge is 2.20. The van der Waals surface area contributed by atoms with Gasteiger partial charge in [-0.3, -0.25) is 0 Å². The van der Waals surface area contributed by atoms with Crippen molar-refractivity contribution in [3.8, 4) is 0 Å². The van der Waals surface area contributed by atoms with E-state index in [-0.39, 0.29) is 5.41 Å². The highest BCUT2D eigenvalue weighted by molar-refractivity contribution is 5.47. The first-order valence-electron chi connectivity index (χ1n) is 7.72. The normalized spacial score (nSPS) is 16.8. The minimum absolute atomic E-state index is 0.0780. The average Bonchev–Trinajstić information content (AvgIpc) is 2.45. The molecule has 0 amide bonds. The van der Waals surface area contributed by atoms with Gasteiger partial charge < -0.3 is 15.5 Å². The number of hydrogen-bond acceptors (Lipinski definition) is 6. The molecular weight excluding hydrogens is 266 g/mol. The summed E-state index contributed by atoms with van der Waals surface area (Å²) in [5, 5.41) is 5.49. The van der Waals surface area contributed by atoms with Crippen molar-refractivity contribution in [2.45, 2.75) is 39.5 Å². The molecule has 1 fully saturated rings. The van der Waals surface area contributed by atoms with Gasteiger partial charge in [-0.25, -0.2) is 15.0 Å². The molecule has 118 valence electrons. The van der Waals surface area contributed by atoms with E-state index < -0.39 is 0 Å². The summed E-state index contributed by atoms with van der Waals surface area (Å²) in [4.78, 5) is 9.29. The third kappa shape index (κ3) is 4.82. The SMILES string of the molecule is CCCNc1cc(NN2CCOCC2)nc(C(C)(C)C)n1. The molecule has 0 spiro atoms. The number of morpholine rings is 1. The summed E-state index contributed by atoms with van der Waals surface area (Å²) < 4.78 is 5.37. The van der Waals surface area contributed by atoms with Crippen molar-refractivity contribution in [3.63, 3.8) is 0 Å². The van der Waals surface area contributed by atoms with Gasteiger partial charge in [0.25, 0.3) is 0 Å².